The average molecular weight is 167 g/mol. The third-order valence-electron chi connectivity index (χ3n) is 0. The van der Waals surface area contributed by atoms with Crippen LogP contribution in [0, 0.1) is 0 Å². The number of phosphoric acid groups is 1. The zero-order valence-corrected chi connectivity index (χ0v) is 7.82. The van der Waals surface area contributed by atoms with Gasteiger partial charge in [0.1, 0.15) is 0 Å². The summed E-state index contributed by atoms with van der Waals surface area (Å²) in [6, 6.07) is 0. The van der Waals surface area contributed by atoms with Crippen molar-refractivity contribution in [1.82, 2.24) is 0 Å². The average Bonchev–Trinajstić information content (AvgIpc) is 0.722. The van der Waals surface area contributed by atoms with Crippen LogP contribution in [0.1, 0.15) is 0 Å². The summed E-state index contributed by atoms with van der Waals surface area (Å²) in [4.78, 5) is 25.6. The third kappa shape index (κ3) is 122. The Bertz CT molecular complexity index is 61.9. The van der Waals surface area contributed by atoms with E-state index < -0.39 is 7.82 Å². The molecule has 4 nitrogen and oxygen atoms in total. The van der Waals surface area contributed by atoms with E-state index in [1.807, 2.05) is 0 Å². The van der Waals surface area contributed by atoms with Gasteiger partial charge < -0.3 is 19.2 Å². The number of rotatable bonds is 0. The van der Waals surface area contributed by atoms with Crippen molar-refractivity contribution in [2.75, 3.05) is 0 Å². The topological polar surface area (TPSA) is 86.2 Å². The van der Waals surface area contributed by atoms with Crippen LogP contribution in [0.5, 0.6) is 0 Å². The Balaban J connectivity index is -0.0000000133. The van der Waals surface area contributed by atoms with Crippen LogP contribution in [-0.2, 0) is 23.1 Å². The quantitative estimate of drug-likeness (QED) is 0.272. The van der Waals surface area contributed by atoms with Gasteiger partial charge in [0.15, 0.2) is 0 Å². The van der Waals surface area contributed by atoms with Crippen LogP contribution >= 0.6 is 7.82 Å². The van der Waals surface area contributed by atoms with Crippen LogP contribution in [0.15, 0.2) is 0 Å². The summed E-state index contributed by atoms with van der Waals surface area (Å²) in [7, 11) is -5.39. The van der Waals surface area contributed by atoms with Gasteiger partial charge in [-0.15, -0.1) is 0 Å². The Labute approximate surface area is 101 Å². The van der Waals surface area contributed by atoms with Gasteiger partial charge in [-0.2, -0.15) is 7.82 Å². The van der Waals surface area contributed by atoms with E-state index in [9.17, 15) is 0 Å². The molecule has 0 saturated heterocycles. The van der Waals surface area contributed by atoms with Crippen LogP contribution < -0.4 is 14.7 Å². The van der Waals surface area contributed by atoms with Crippen LogP contribution in [0.4, 0.5) is 0 Å². The molecule has 0 saturated carbocycles. The molecule has 40 valence electrons. The van der Waals surface area contributed by atoms with Gasteiger partial charge in [-0.25, -0.2) is 0 Å². The molecule has 0 rings (SSSR count). The summed E-state index contributed by atoms with van der Waals surface area (Å²) in [6.07, 6.45) is 0. The smallest absolute Gasteiger partial charge is 0 e. The van der Waals surface area contributed by atoms with Crippen LogP contribution in [-0.4, -0.2) is 56.6 Å². The van der Waals surface area contributed by atoms with Gasteiger partial charge in [0.05, 0.1) is 0 Å². The van der Waals surface area contributed by atoms with Crippen molar-refractivity contribution in [2.45, 2.75) is 0 Å². The standard InChI is InChI=1S/3Li.H3O4P.V/c;;;1-5(2,3)4;/h;;;(H3,1,2,3,4);/p-3. The van der Waals surface area contributed by atoms with Crippen LogP contribution in [0.25, 0.3) is 0 Å². The summed E-state index contributed by atoms with van der Waals surface area (Å²) in [5.41, 5.74) is 0. The van der Waals surface area contributed by atoms with E-state index in [2.05, 4.69) is 0 Å². The van der Waals surface area contributed by atoms with Gasteiger partial charge in [0, 0.05) is 75.1 Å². The summed E-state index contributed by atoms with van der Waals surface area (Å²) in [5, 5.41) is 0. The third-order valence-corrected chi connectivity index (χ3v) is 0. The first kappa shape index (κ1) is 30.0. The maximum atomic E-state index is 8.55. The zero-order chi connectivity index (χ0) is 4.50. The van der Waals surface area contributed by atoms with E-state index in [4.69, 9.17) is 19.2 Å². The second-order valence-corrected chi connectivity index (χ2v) is 1.34. The summed E-state index contributed by atoms with van der Waals surface area (Å²) < 4.78 is 8.55. The minimum absolute atomic E-state index is 0. The molecule has 0 spiro atoms. The van der Waals surface area contributed by atoms with Crippen molar-refractivity contribution >= 4 is 64.4 Å². The Hall–Kier alpha value is 2.49. The molecule has 0 aliphatic rings. The zero-order valence-electron chi connectivity index (χ0n) is 5.53. The number of hydrogen-bond donors (Lipinski definition) is 0. The monoisotopic (exact) mass is 167 g/mol. The molecule has 9 heteroatoms. The maximum absolute atomic E-state index is 8.55. The molecule has 0 amide bonds. The fourth-order valence-corrected chi connectivity index (χ4v) is 0. The van der Waals surface area contributed by atoms with E-state index in [0.717, 1.165) is 0 Å². The SMILES string of the molecule is O=P([O-])([O-])[O-].[Li].[Li].[Li].[V]. The van der Waals surface area contributed by atoms with E-state index in [0.29, 0.717) is 0 Å². The molecular formula is Li3O4PV-3. The van der Waals surface area contributed by atoms with Crippen molar-refractivity contribution in [3.8, 4) is 0 Å². The predicted molar refractivity (Wildman–Crippen MR) is 24.9 cm³/mol. The molecular weight excluding hydrogens is 167 g/mol. The van der Waals surface area contributed by atoms with E-state index >= 15 is 0 Å². The van der Waals surface area contributed by atoms with Crippen LogP contribution in [0.3, 0.4) is 0 Å². The fourth-order valence-electron chi connectivity index (χ4n) is 0. The summed E-state index contributed by atoms with van der Waals surface area (Å²) >= 11 is 0. The van der Waals surface area contributed by atoms with E-state index in [-0.39, 0.29) is 75.1 Å². The Morgan fingerprint density at radius 2 is 0.889 bits per heavy atom. The molecule has 0 aliphatic heterocycles. The van der Waals surface area contributed by atoms with Crippen molar-refractivity contribution in [3.05, 3.63) is 0 Å². The largest absolute Gasteiger partial charge is 0.822 e. The van der Waals surface area contributed by atoms with Gasteiger partial charge in [0.2, 0.25) is 0 Å². The van der Waals surface area contributed by atoms with Gasteiger partial charge in [0.25, 0.3) is 0 Å². The maximum Gasteiger partial charge on any atom is 0 e. The van der Waals surface area contributed by atoms with Crippen molar-refractivity contribution < 1.29 is 37.8 Å². The first-order chi connectivity index (χ1) is 2.00. The molecule has 0 aromatic heterocycles. The molecule has 0 aromatic carbocycles. The van der Waals surface area contributed by atoms with E-state index in [1.54, 1.807) is 0 Å². The van der Waals surface area contributed by atoms with Crippen molar-refractivity contribution in [2.24, 2.45) is 0 Å². The van der Waals surface area contributed by atoms with Gasteiger partial charge in [-0.3, -0.25) is 0 Å². The Morgan fingerprint density at radius 3 is 0.889 bits per heavy atom. The molecule has 4 radical (unpaired) electrons. The molecule has 0 heterocycles. The Kier molecular flexibility index (Phi) is 43.7. The molecule has 0 N–H and O–H groups in total. The van der Waals surface area contributed by atoms with Crippen molar-refractivity contribution in [1.29, 1.82) is 0 Å². The molecule has 9 heavy (non-hydrogen) atoms. The van der Waals surface area contributed by atoms with Gasteiger partial charge in [-0.05, 0) is 0 Å². The first-order valence-corrected chi connectivity index (χ1v) is 2.19. The Morgan fingerprint density at radius 1 is 0.889 bits per heavy atom. The molecule has 0 aromatic rings. The van der Waals surface area contributed by atoms with E-state index in [1.165, 1.54) is 0 Å². The van der Waals surface area contributed by atoms with Crippen molar-refractivity contribution in [3.63, 3.8) is 0 Å². The van der Waals surface area contributed by atoms with Gasteiger partial charge in [-0.1, -0.05) is 0 Å². The summed E-state index contributed by atoms with van der Waals surface area (Å²) in [6.45, 7) is 0. The second-order valence-electron chi connectivity index (χ2n) is 0.447. The molecule has 0 aliphatic carbocycles. The minimum atomic E-state index is -5.39. The predicted octanol–water partition coefficient (Wildman–Crippen LogP) is -3.97. The molecule has 0 fully saturated rings. The molecule has 0 bridgehead atoms. The minimum Gasteiger partial charge on any atom is -0.822 e. The fraction of sp³-hybridized carbons (Fsp3) is 0. The summed E-state index contributed by atoms with van der Waals surface area (Å²) in [5.74, 6) is 0. The molecule has 0 unspecified atom stereocenters. The van der Waals surface area contributed by atoms with Gasteiger partial charge >= 0.3 is 0 Å². The first-order valence-electron chi connectivity index (χ1n) is 0.730. The molecule has 0 atom stereocenters. The van der Waals surface area contributed by atoms with Crippen LogP contribution in [0.2, 0.25) is 0 Å². The second kappa shape index (κ2) is 13.1. The normalized spacial score (nSPS) is 6.56. The number of hydrogen-bond acceptors (Lipinski definition) is 4.